The molecule has 0 heterocycles. The molecule has 0 aliphatic carbocycles. The Kier molecular flexibility index (Phi) is 9.61. The first kappa shape index (κ1) is 28.4. The maximum absolute atomic E-state index is 13.5. The van der Waals surface area contributed by atoms with Gasteiger partial charge in [0.15, 0.2) is 6.61 Å². The van der Waals surface area contributed by atoms with Gasteiger partial charge in [-0.05, 0) is 86.8 Å². The van der Waals surface area contributed by atoms with Crippen molar-refractivity contribution >= 4 is 33.7 Å². The quantitative estimate of drug-likeness (QED) is 0.287. The molecule has 0 saturated carbocycles. The van der Waals surface area contributed by atoms with E-state index in [9.17, 15) is 18.0 Å². The lowest BCUT2D eigenvalue weighted by molar-refractivity contribution is -0.123. The molecule has 0 fully saturated rings. The van der Waals surface area contributed by atoms with Gasteiger partial charge >= 0.3 is 0 Å². The zero-order chi connectivity index (χ0) is 27.7. The number of rotatable bonds is 11. The fourth-order valence-electron chi connectivity index (χ4n) is 3.53. The summed E-state index contributed by atoms with van der Waals surface area (Å²) < 4.78 is 33.5. The van der Waals surface area contributed by atoms with Gasteiger partial charge in [0.2, 0.25) is 0 Å². The van der Waals surface area contributed by atoms with Crippen molar-refractivity contribution in [3.05, 3.63) is 89.5 Å². The Hall–Kier alpha value is -4.18. The van der Waals surface area contributed by atoms with Crippen molar-refractivity contribution in [1.29, 1.82) is 0 Å². The number of nitrogens with one attached hydrogen (secondary N) is 2. The molecular weight excluding hydrogens is 504 g/mol. The van der Waals surface area contributed by atoms with Gasteiger partial charge in [0.05, 0.1) is 16.8 Å². The van der Waals surface area contributed by atoms with Gasteiger partial charge in [0.1, 0.15) is 12.3 Å². The number of ether oxygens (including phenoxy) is 1. The van der Waals surface area contributed by atoms with Crippen LogP contribution < -0.4 is 19.8 Å². The van der Waals surface area contributed by atoms with Crippen molar-refractivity contribution in [3.8, 4) is 5.75 Å². The molecule has 0 unspecified atom stereocenters. The molecule has 0 bridgehead atoms. The summed E-state index contributed by atoms with van der Waals surface area (Å²) in [4.78, 5) is 24.6. The van der Waals surface area contributed by atoms with Crippen LogP contribution in [-0.4, -0.2) is 45.6 Å². The molecule has 0 aliphatic heterocycles. The average molecular weight is 537 g/mol. The van der Waals surface area contributed by atoms with E-state index in [0.717, 1.165) is 15.4 Å². The second-order valence-electron chi connectivity index (χ2n) is 8.92. The fraction of sp³-hybridized carbons (Fsp3) is 0.250. The molecule has 2 amide bonds. The summed E-state index contributed by atoms with van der Waals surface area (Å²) in [6.45, 7) is 6.89. The zero-order valence-corrected chi connectivity index (χ0v) is 22.7. The van der Waals surface area contributed by atoms with Crippen LogP contribution in [0.2, 0.25) is 0 Å². The molecule has 38 heavy (non-hydrogen) atoms. The molecule has 2 N–H and O–H groups in total. The highest BCUT2D eigenvalue weighted by Gasteiger charge is 2.28. The molecule has 3 aromatic rings. The summed E-state index contributed by atoms with van der Waals surface area (Å²) in [5, 5.41) is 6.71. The molecule has 0 atom stereocenters. The lowest BCUT2D eigenvalue weighted by Gasteiger charge is -2.26. The predicted octanol–water partition coefficient (Wildman–Crippen LogP) is 3.55. The Bertz CT molecular complexity index is 1390. The number of aryl methyl sites for hydroxylation is 1. The van der Waals surface area contributed by atoms with E-state index in [2.05, 4.69) is 15.8 Å². The minimum atomic E-state index is -4.01. The normalized spacial score (nSPS) is 11.4. The Morgan fingerprint density at radius 1 is 0.947 bits per heavy atom. The smallest absolute Gasteiger partial charge is 0.264 e. The first-order chi connectivity index (χ1) is 18.1. The van der Waals surface area contributed by atoms with Crippen LogP contribution in [0.3, 0.4) is 0 Å². The Morgan fingerprint density at radius 2 is 1.63 bits per heavy atom. The lowest BCUT2D eigenvalue weighted by Crippen LogP contribution is -2.40. The number of hydrazone groups is 1. The maximum atomic E-state index is 13.5. The van der Waals surface area contributed by atoms with E-state index in [1.54, 1.807) is 54.6 Å². The second kappa shape index (κ2) is 12.9. The van der Waals surface area contributed by atoms with Crippen molar-refractivity contribution in [1.82, 2.24) is 10.7 Å². The largest absolute Gasteiger partial charge is 0.484 e. The van der Waals surface area contributed by atoms with E-state index in [-0.39, 0.29) is 23.5 Å². The third-order valence-electron chi connectivity index (χ3n) is 5.57. The van der Waals surface area contributed by atoms with Gasteiger partial charge in [-0.3, -0.25) is 13.9 Å². The number of amides is 2. The molecule has 0 aliphatic rings. The SMILES string of the molecule is Cc1cccc(N(CC(=O)N/N=C/c2ccc(OCC(=O)NC(C)C)cc2)S(=O)(=O)c2ccccc2)c1C. The average Bonchev–Trinajstić information content (AvgIpc) is 2.89. The maximum Gasteiger partial charge on any atom is 0.264 e. The molecule has 200 valence electrons. The van der Waals surface area contributed by atoms with Gasteiger partial charge in [-0.15, -0.1) is 0 Å². The number of hydrogen-bond donors (Lipinski definition) is 2. The summed E-state index contributed by atoms with van der Waals surface area (Å²) in [6, 6.07) is 20.1. The molecule has 10 heteroatoms. The van der Waals surface area contributed by atoms with E-state index in [1.807, 2.05) is 33.8 Å². The van der Waals surface area contributed by atoms with E-state index in [1.165, 1.54) is 18.3 Å². The minimum absolute atomic E-state index is 0.0336. The van der Waals surface area contributed by atoms with Crippen LogP contribution in [0.25, 0.3) is 0 Å². The standard InChI is InChI=1S/C28H32N4O5S/c1-20(2)30-28(34)19-37-24-15-13-23(14-16-24)17-29-31-27(33)18-32(26-12-8-9-21(3)22(26)4)38(35,36)25-10-6-5-7-11-25/h5-17,20H,18-19H2,1-4H3,(H,30,34)(H,31,33)/b29-17+. The van der Waals surface area contributed by atoms with Gasteiger partial charge < -0.3 is 10.1 Å². The first-order valence-corrected chi connectivity index (χ1v) is 13.5. The number of carbonyl (C=O) groups is 2. The summed E-state index contributed by atoms with van der Waals surface area (Å²) in [5.41, 5.74) is 5.16. The Labute approximate surface area is 223 Å². The highest BCUT2D eigenvalue weighted by molar-refractivity contribution is 7.92. The summed E-state index contributed by atoms with van der Waals surface area (Å²) in [7, 11) is -4.01. The fourth-order valence-corrected chi connectivity index (χ4v) is 5.03. The van der Waals surface area contributed by atoms with Crippen molar-refractivity contribution in [3.63, 3.8) is 0 Å². The summed E-state index contributed by atoms with van der Waals surface area (Å²) in [6.07, 6.45) is 1.43. The van der Waals surface area contributed by atoms with Crippen LogP contribution in [0.15, 0.2) is 82.8 Å². The summed E-state index contributed by atoms with van der Waals surface area (Å²) in [5.74, 6) is -0.296. The number of carbonyl (C=O) groups excluding carboxylic acids is 2. The van der Waals surface area contributed by atoms with Gasteiger partial charge in [0.25, 0.3) is 21.8 Å². The second-order valence-corrected chi connectivity index (χ2v) is 10.8. The highest BCUT2D eigenvalue weighted by Crippen LogP contribution is 2.28. The number of sulfonamides is 1. The molecule has 0 aromatic heterocycles. The highest BCUT2D eigenvalue weighted by atomic mass is 32.2. The summed E-state index contributed by atoms with van der Waals surface area (Å²) >= 11 is 0. The van der Waals surface area contributed by atoms with E-state index >= 15 is 0 Å². The van der Waals surface area contributed by atoms with Crippen LogP contribution in [-0.2, 0) is 19.6 Å². The van der Waals surface area contributed by atoms with Crippen LogP contribution in [0.1, 0.15) is 30.5 Å². The van der Waals surface area contributed by atoms with Gasteiger partial charge in [-0.25, -0.2) is 13.8 Å². The number of benzene rings is 3. The van der Waals surface area contributed by atoms with Gasteiger partial charge in [-0.2, -0.15) is 5.10 Å². The molecule has 0 radical (unpaired) electrons. The minimum Gasteiger partial charge on any atom is -0.484 e. The molecular formula is C28H32N4O5S. The number of anilines is 1. The predicted molar refractivity (Wildman–Crippen MR) is 148 cm³/mol. The van der Waals surface area contributed by atoms with E-state index in [0.29, 0.717) is 17.0 Å². The number of hydrogen-bond acceptors (Lipinski definition) is 6. The van der Waals surface area contributed by atoms with Crippen LogP contribution in [0, 0.1) is 13.8 Å². The van der Waals surface area contributed by atoms with Crippen molar-refractivity contribution in [2.45, 2.75) is 38.6 Å². The van der Waals surface area contributed by atoms with Crippen molar-refractivity contribution < 1.29 is 22.7 Å². The van der Waals surface area contributed by atoms with Crippen molar-refractivity contribution in [2.75, 3.05) is 17.5 Å². The lowest BCUT2D eigenvalue weighted by atomic mass is 10.1. The molecule has 9 nitrogen and oxygen atoms in total. The molecule has 0 spiro atoms. The third kappa shape index (κ3) is 7.66. The first-order valence-electron chi connectivity index (χ1n) is 12.1. The Morgan fingerprint density at radius 3 is 2.29 bits per heavy atom. The monoisotopic (exact) mass is 536 g/mol. The van der Waals surface area contributed by atoms with Crippen molar-refractivity contribution in [2.24, 2.45) is 5.10 Å². The third-order valence-corrected chi connectivity index (χ3v) is 7.34. The topological polar surface area (TPSA) is 117 Å². The van der Waals surface area contributed by atoms with Crippen LogP contribution >= 0.6 is 0 Å². The molecule has 3 aromatic carbocycles. The van der Waals surface area contributed by atoms with E-state index < -0.39 is 22.5 Å². The van der Waals surface area contributed by atoms with E-state index in [4.69, 9.17) is 4.74 Å². The van der Waals surface area contributed by atoms with Crippen LogP contribution in [0.5, 0.6) is 5.75 Å². The molecule has 3 rings (SSSR count). The molecule has 0 saturated heterocycles. The number of nitrogens with zero attached hydrogens (tertiary/aromatic N) is 2. The zero-order valence-electron chi connectivity index (χ0n) is 21.8. The van der Waals surface area contributed by atoms with Crippen LogP contribution in [0.4, 0.5) is 5.69 Å². The van der Waals surface area contributed by atoms with Gasteiger partial charge in [0, 0.05) is 6.04 Å². The van der Waals surface area contributed by atoms with Gasteiger partial charge in [-0.1, -0.05) is 30.3 Å². The Balaban J connectivity index is 1.68.